The van der Waals surface area contributed by atoms with Crippen molar-refractivity contribution >= 4 is 51.0 Å². The lowest BCUT2D eigenvalue weighted by Gasteiger charge is -2.26. The van der Waals surface area contributed by atoms with E-state index in [1.807, 2.05) is 0 Å². The monoisotopic (exact) mass is 717 g/mol. The van der Waals surface area contributed by atoms with E-state index >= 15 is 0 Å². The Kier molecular flexibility index (Phi) is 12.5. The molecule has 0 unspecified atom stereocenters. The molecule has 1 heterocycles. The fourth-order valence-corrected chi connectivity index (χ4v) is 8.33. The normalized spacial score (nSPS) is 18.6. The van der Waals surface area contributed by atoms with Crippen molar-refractivity contribution in [3.63, 3.8) is 0 Å². The van der Waals surface area contributed by atoms with E-state index in [0.717, 1.165) is 34.5 Å². The number of aryl methyl sites for hydroxylation is 1. The highest BCUT2D eigenvalue weighted by molar-refractivity contribution is 8.02. The second-order valence-corrected chi connectivity index (χ2v) is 14.5. The smallest absolute Gasteiger partial charge is 0.387 e. The highest BCUT2D eigenvalue weighted by Crippen LogP contribution is 2.41. The minimum absolute atomic E-state index is 0.0488. The Balaban J connectivity index is 1.71. The van der Waals surface area contributed by atoms with Crippen LogP contribution in [0.4, 0.5) is 8.78 Å². The van der Waals surface area contributed by atoms with E-state index in [0.29, 0.717) is 29.4 Å². The molecule has 0 bridgehead atoms. The third kappa shape index (κ3) is 8.77. The first kappa shape index (κ1) is 36.1. The molecule has 0 N–H and O–H groups in total. The molecule has 4 rings (SSSR count). The summed E-state index contributed by atoms with van der Waals surface area (Å²) < 4.78 is 77.0. The Morgan fingerprint density at radius 3 is 2.52 bits per heavy atom. The number of carbonyl (C=O) groups excluding carboxylic acids is 1. The van der Waals surface area contributed by atoms with Crippen LogP contribution in [-0.2, 0) is 19.6 Å². The Morgan fingerprint density at radius 1 is 1.15 bits per heavy atom. The van der Waals surface area contributed by atoms with Gasteiger partial charge in [0.05, 0.1) is 13.7 Å². The number of hydrogen-bond donors (Lipinski definition) is 0. The Labute approximate surface area is 282 Å². The molecule has 250 valence electrons. The summed E-state index contributed by atoms with van der Waals surface area (Å²) in [6, 6.07) is 8.94. The number of benzene rings is 2. The number of alkyl halides is 2. The minimum Gasteiger partial charge on any atom is -0.495 e. The number of carbonyl (C=O) groups is 1. The number of nitrogens with zero attached hydrogens (tertiary/aromatic N) is 1. The Bertz CT molecular complexity index is 1610. The Hall–Kier alpha value is -2.77. The van der Waals surface area contributed by atoms with Gasteiger partial charge < -0.3 is 18.9 Å². The first-order valence-corrected chi connectivity index (χ1v) is 17.7. The van der Waals surface area contributed by atoms with Gasteiger partial charge in [-0.1, -0.05) is 54.1 Å². The number of thioether (sulfide) groups is 1. The summed E-state index contributed by atoms with van der Waals surface area (Å²) in [5, 5.41) is -0.734. The average molecular weight is 719 g/mol. The van der Waals surface area contributed by atoms with Gasteiger partial charge in [-0.05, 0) is 73.6 Å². The fourth-order valence-electron chi connectivity index (χ4n) is 4.74. The molecular formula is C32H35Cl2F2NO7S2. The van der Waals surface area contributed by atoms with Crippen molar-refractivity contribution < 1.29 is 40.9 Å². The number of esters is 1. The van der Waals surface area contributed by atoms with Crippen LogP contribution in [0.2, 0.25) is 0 Å². The van der Waals surface area contributed by atoms with Crippen LogP contribution in [0.15, 0.2) is 75.7 Å². The van der Waals surface area contributed by atoms with Crippen molar-refractivity contribution in [3.05, 3.63) is 81.9 Å². The zero-order valence-electron chi connectivity index (χ0n) is 25.5. The van der Waals surface area contributed by atoms with E-state index in [-0.39, 0.29) is 45.2 Å². The minimum atomic E-state index is -4.18. The molecule has 0 radical (unpaired) electrons. The van der Waals surface area contributed by atoms with Gasteiger partial charge in [0.1, 0.15) is 16.7 Å². The second-order valence-electron chi connectivity index (χ2n) is 10.6. The average Bonchev–Trinajstić information content (AvgIpc) is 3.72. The molecule has 1 saturated heterocycles. The first-order valence-electron chi connectivity index (χ1n) is 14.4. The van der Waals surface area contributed by atoms with E-state index in [9.17, 15) is 22.0 Å². The molecule has 2 atom stereocenters. The van der Waals surface area contributed by atoms with Gasteiger partial charge in [0, 0.05) is 28.8 Å². The maximum Gasteiger partial charge on any atom is 0.387 e. The van der Waals surface area contributed by atoms with Crippen LogP contribution in [0, 0.1) is 12.8 Å². The molecule has 2 aliphatic rings. The molecule has 2 aromatic rings. The summed E-state index contributed by atoms with van der Waals surface area (Å²) in [5.74, 6) is -0.150. The van der Waals surface area contributed by atoms with Gasteiger partial charge in [0.2, 0.25) is 10.0 Å². The lowest BCUT2D eigenvalue weighted by Crippen LogP contribution is -2.40. The zero-order chi connectivity index (χ0) is 33.6. The highest BCUT2D eigenvalue weighted by atomic mass is 35.5. The Morgan fingerprint density at radius 2 is 1.89 bits per heavy atom. The number of sulfonamides is 1. The molecule has 2 fully saturated rings. The summed E-state index contributed by atoms with van der Waals surface area (Å²) in [5.41, 5.74) is 1.57. The lowest BCUT2D eigenvalue weighted by atomic mass is 9.99. The summed E-state index contributed by atoms with van der Waals surface area (Å²) >= 11 is 14.1. The molecular weight excluding hydrogens is 683 g/mol. The van der Waals surface area contributed by atoms with E-state index in [2.05, 4.69) is 11.3 Å². The molecule has 0 aromatic heterocycles. The SMILES string of the molecule is C=C/C(Cl)=C(C[C@H](OC(=O)[C@@H]1SCCN1S(=O)(=O)c1ccc(C)cc1OC)c1ccc(OC(F)F)c(OCC2CC2)c1)\C(Cl)=C/C. The summed E-state index contributed by atoms with van der Waals surface area (Å²) in [7, 11) is -2.81. The number of halogens is 4. The van der Waals surface area contributed by atoms with Crippen LogP contribution in [0.1, 0.15) is 43.4 Å². The van der Waals surface area contributed by atoms with Gasteiger partial charge in [-0.3, -0.25) is 0 Å². The first-order chi connectivity index (χ1) is 21.9. The fraction of sp³-hybridized carbons (Fsp3) is 0.406. The quantitative estimate of drug-likeness (QED) is 0.135. The predicted octanol–water partition coefficient (Wildman–Crippen LogP) is 7.95. The molecule has 14 heteroatoms. The van der Waals surface area contributed by atoms with Crippen LogP contribution >= 0.6 is 35.0 Å². The molecule has 8 nitrogen and oxygen atoms in total. The molecule has 1 aliphatic heterocycles. The molecule has 2 aromatic carbocycles. The van der Waals surface area contributed by atoms with Crippen LogP contribution < -0.4 is 14.2 Å². The summed E-state index contributed by atoms with van der Waals surface area (Å²) in [6.45, 7) is 4.50. The molecule has 0 spiro atoms. The van der Waals surface area contributed by atoms with Crippen molar-refractivity contribution in [1.29, 1.82) is 0 Å². The standard InChI is InChI=1S/C32H35Cl2F2NO7S2/c1-5-23(33)22(24(34)6-2)17-26(21-10-11-25(44-32(35)36)27(16-21)42-18-20-8-9-20)43-31(38)30-37(13-14-45-30)46(39,40)29-12-7-19(3)15-28(29)41-4/h5-7,10-12,15-16,20,26,30,32H,1,8-9,13-14,17-18H2,2-4H3/b23-22+,24-6+/t26-,30-/m0/s1. The summed E-state index contributed by atoms with van der Waals surface area (Å²) in [6.07, 6.45) is 3.80. The van der Waals surface area contributed by atoms with E-state index in [4.69, 9.17) is 37.4 Å². The largest absolute Gasteiger partial charge is 0.495 e. The van der Waals surface area contributed by atoms with Crippen LogP contribution in [0.5, 0.6) is 17.2 Å². The van der Waals surface area contributed by atoms with Gasteiger partial charge in [0.15, 0.2) is 16.9 Å². The van der Waals surface area contributed by atoms with Crippen LogP contribution in [0.3, 0.4) is 0 Å². The topological polar surface area (TPSA) is 91.4 Å². The van der Waals surface area contributed by atoms with E-state index in [1.54, 1.807) is 32.1 Å². The molecule has 46 heavy (non-hydrogen) atoms. The van der Waals surface area contributed by atoms with Crippen molar-refractivity contribution in [1.82, 2.24) is 4.31 Å². The number of ether oxygens (including phenoxy) is 4. The lowest BCUT2D eigenvalue weighted by molar-refractivity contribution is -0.150. The van der Waals surface area contributed by atoms with Crippen molar-refractivity contribution in [2.75, 3.05) is 26.0 Å². The molecule has 1 saturated carbocycles. The number of allylic oxidation sites excluding steroid dienone is 4. The third-order valence-corrected chi connectivity index (χ3v) is 11.4. The van der Waals surface area contributed by atoms with E-state index in [1.165, 1.54) is 37.5 Å². The van der Waals surface area contributed by atoms with Gasteiger partial charge >= 0.3 is 12.6 Å². The maximum absolute atomic E-state index is 13.9. The highest BCUT2D eigenvalue weighted by Gasteiger charge is 2.43. The zero-order valence-corrected chi connectivity index (χ0v) is 28.7. The van der Waals surface area contributed by atoms with Crippen LogP contribution in [-0.4, -0.2) is 56.7 Å². The van der Waals surface area contributed by atoms with Gasteiger partial charge in [-0.2, -0.15) is 13.1 Å². The van der Waals surface area contributed by atoms with Crippen molar-refractivity contribution in [2.45, 2.75) is 56.1 Å². The maximum atomic E-state index is 13.9. The number of hydrogen-bond acceptors (Lipinski definition) is 8. The number of rotatable bonds is 15. The van der Waals surface area contributed by atoms with E-state index < -0.39 is 34.1 Å². The third-order valence-electron chi connectivity index (χ3n) is 7.34. The molecule has 0 amide bonds. The van der Waals surface area contributed by atoms with Gasteiger partial charge in [0.25, 0.3) is 0 Å². The van der Waals surface area contributed by atoms with Crippen molar-refractivity contribution in [2.24, 2.45) is 5.92 Å². The second kappa shape index (κ2) is 15.9. The van der Waals surface area contributed by atoms with Crippen molar-refractivity contribution in [3.8, 4) is 17.2 Å². The van der Waals surface area contributed by atoms with Gasteiger partial charge in [-0.15, -0.1) is 11.8 Å². The number of methoxy groups -OCH3 is 1. The summed E-state index contributed by atoms with van der Waals surface area (Å²) in [4.78, 5) is 13.8. The molecule has 1 aliphatic carbocycles. The predicted molar refractivity (Wildman–Crippen MR) is 175 cm³/mol. The van der Waals surface area contributed by atoms with Crippen LogP contribution in [0.25, 0.3) is 0 Å². The van der Waals surface area contributed by atoms with Gasteiger partial charge in [-0.25, -0.2) is 13.2 Å².